The Balaban J connectivity index is 1.71. The lowest BCUT2D eigenvalue weighted by atomic mass is 10.1. The molecule has 2 aliphatic heterocycles. The Morgan fingerprint density at radius 3 is 2.70 bits per heavy atom. The van der Waals surface area contributed by atoms with E-state index in [1.807, 2.05) is 11.0 Å². The predicted octanol–water partition coefficient (Wildman–Crippen LogP) is 1.17. The van der Waals surface area contributed by atoms with E-state index in [4.69, 9.17) is 15.2 Å². The van der Waals surface area contributed by atoms with Gasteiger partial charge in [0.2, 0.25) is 5.96 Å². The van der Waals surface area contributed by atoms with E-state index in [-0.39, 0.29) is 5.91 Å². The molecule has 2 aromatic rings. The summed E-state index contributed by atoms with van der Waals surface area (Å²) in [6.45, 7) is 1.24. The highest BCUT2D eigenvalue weighted by Crippen LogP contribution is 2.38. The lowest BCUT2D eigenvalue weighted by Gasteiger charge is -2.28. The highest BCUT2D eigenvalue weighted by atomic mass is 16.5. The Bertz CT molecular complexity index is 968. The Morgan fingerprint density at radius 1 is 1.22 bits per heavy atom. The molecule has 9 heteroatoms. The largest absolute Gasteiger partial charge is 0.493 e. The number of ether oxygens (including phenoxy) is 2. The summed E-state index contributed by atoms with van der Waals surface area (Å²) in [4.78, 5) is 27.5. The number of amides is 1. The number of guanidine groups is 1. The van der Waals surface area contributed by atoms with Crippen molar-refractivity contribution in [3.05, 3.63) is 41.6 Å². The summed E-state index contributed by atoms with van der Waals surface area (Å²) in [5.41, 5.74) is 7.44. The number of hydrogen-bond donors (Lipinski definition) is 2. The van der Waals surface area contributed by atoms with Crippen LogP contribution < -0.4 is 20.5 Å². The molecule has 0 unspecified atom stereocenters. The third kappa shape index (κ3) is 2.92. The fourth-order valence-corrected chi connectivity index (χ4v) is 3.01. The van der Waals surface area contributed by atoms with Crippen LogP contribution in [0, 0.1) is 0 Å². The van der Waals surface area contributed by atoms with Gasteiger partial charge in [-0.25, -0.2) is 9.98 Å². The zero-order valence-corrected chi connectivity index (χ0v) is 14.9. The number of methoxy groups -OCH3 is 2. The lowest BCUT2D eigenvalue weighted by molar-refractivity contribution is 0.0974. The molecule has 0 saturated carbocycles. The average molecular weight is 366 g/mol. The molecule has 1 amide bonds. The number of aromatic nitrogens is 1. The first-order valence-electron chi connectivity index (χ1n) is 8.30. The van der Waals surface area contributed by atoms with Crippen molar-refractivity contribution in [2.75, 3.05) is 33.0 Å². The van der Waals surface area contributed by atoms with Crippen molar-refractivity contribution in [2.24, 2.45) is 9.98 Å². The summed E-state index contributed by atoms with van der Waals surface area (Å²) in [5.74, 6) is 2.34. The van der Waals surface area contributed by atoms with E-state index in [2.05, 4.69) is 20.3 Å². The van der Waals surface area contributed by atoms with Gasteiger partial charge in [0, 0.05) is 24.4 Å². The number of rotatable bonds is 3. The maximum absolute atomic E-state index is 12.6. The van der Waals surface area contributed by atoms with E-state index in [9.17, 15) is 4.79 Å². The molecule has 0 radical (unpaired) electrons. The quantitative estimate of drug-likeness (QED) is 0.843. The number of aliphatic imine (C=N–C) groups is 2. The van der Waals surface area contributed by atoms with E-state index < -0.39 is 0 Å². The summed E-state index contributed by atoms with van der Waals surface area (Å²) in [6, 6.07) is 6.80. The van der Waals surface area contributed by atoms with Crippen LogP contribution in [0.1, 0.15) is 15.9 Å². The van der Waals surface area contributed by atoms with Crippen LogP contribution in [0.3, 0.4) is 0 Å². The van der Waals surface area contributed by atoms with Gasteiger partial charge in [-0.3, -0.25) is 20.0 Å². The van der Waals surface area contributed by atoms with Gasteiger partial charge in [0.25, 0.3) is 5.91 Å². The summed E-state index contributed by atoms with van der Waals surface area (Å²) < 4.78 is 10.7. The smallest absolute Gasteiger partial charge is 0.259 e. The summed E-state index contributed by atoms with van der Waals surface area (Å²) in [7, 11) is 3.14. The minimum absolute atomic E-state index is 0.323. The highest BCUT2D eigenvalue weighted by molar-refractivity contribution is 6.19. The number of nitrogens with one attached hydrogen (secondary N) is 1. The standard InChI is InChI=1S/C18H18N6O3/c1-26-13-7-11-12(8-14(13)27-2)22-18(24-6-5-20-16(11)24)23-17(25)10-3-4-15(19)21-9-10/h3-4,7-9H,5-6H2,1-2H3,(H2,19,21)(H,22,23,25). The minimum Gasteiger partial charge on any atom is -0.493 e. The number of anilines is 1. The number of nitrogen functional groups attached to an aromatic ring is 1. The Labute approximate surface area is 155 Å². The normalized spacial score (nSPS) is 14.7. The fraction of sp³-hybridized carbons (Fsp3) is 0.222. The molecule has 0 aliphatic carbocycles. The molecule has 27 heavy (non-hydrogen) atoms. The van der Waals surface area contributed by atoms with Gasteiger partial charge < -0.3 is 15.2 Å². The Kier molecular flexibility index (Phi) is 4.11. The van der Waals surface area contributed by atoms with Gasteiger partial charge in [-0.15, -0.1) is 0 Å². The van der Waals surface area contributed by atoms with Crippen molar-refractivity contribution < 1.29 is 14.3 Å². The number of hydrogen-bond acceptors (Lipinski definition) is 8. The maximum Gasteiger partial charge on any atom is 0.259 e. The third-order valence-corrected chi connectivity index (χ3v) is 4.34. The number of carbonyl (C=O) groups excluding carboxylic acids is 1. The molecule has 9 nitrogen and oxygen atoms in total. The molecule has 4 rings (SSSR count). The van der Waals surface area contributed by atoms with Crippen molar-refractivity contribution >= 4 is 29.2 Å². The van der Waals surface area contributed by atoms with E-state index in [0.29, 0.717) is 47.6 Å². The molecule has 2 aliphatic rings. The van der Waals surface area contributed by atoms with E-state index >= 15 is 0 Å². The first-order valence-corrected chi connectivity index (χ1v) is 8.30. The molecule has 0 saturated heterocycles. The molecule has 138 valence electrons. The molecule has 0 spiro atoms. The number of benzene rings is 1. The molecule has 0 atom stereocenters. The Hall–Kier alpha value is -3.62. The molecule has 3 N–H and O–H groups in total. The highest BCUT2D eigenvalue weighted by Gasteiger charge is 2.31. The Morgan fingerprint density at radius 2 is 2.00 bits per heavy atom. The second-order valence-corrected chi connectivity index (χ2v) is 5.94. The predicted molar refractivity (Wildman–Crippen MR) is 101 cm³/mol. The number of amidine groups is 1. The van der Waals surface area contributed by atoms with Crippen LogP contribution in [-0.2, 0) is 0 Å². The van der Waals surface area contributed by atoms with Crippen LogP contribution in [0.25, 0.3) is 0 Å². The van der Waals surface area contributed by atoms with Gasteiger partial charge in [0.15, 0.2) is 11.5 Å². The second-order valence-electron chi connectivity index (χ2n) is 5.94. The van der Waals surface area contributed by atoms with Crippen LogP contribution >= 0.6 is 0 Å². The van der Waals surface area contributed by atoms with Gasteiger partial charge in [0.05, 0.1) is 32.0 Å². The average Bonchev–Trinajstić information content (AvgIpc) is 3.18. The second kappa shape index (κ2) is 6.60. The summed E-state index contributed by atoms with van der Waals surface area (Å²) in [5, 5.41) is 2.84. The lowest BCUT2D eigenvalue weighted by Crippen LogP contribution is -2.47. The first-order chi connectivity index (χ1) is 13.1. The molecule has 3 heterocycles. The van der Waals surface area contributed by atoms with Crippen LogP contribution in [-0.4, -0.2) is 54.9 Å². The monoisotopic (exact) mass is 366 g/mol. The molecular formula is C18H18N6O3. The van der Waals surface area contributed by atoms with Gasteiger partial charge in [-0.2, -0.15) is 0 Å². The van der Waals surface area contributed by atoms with Gasteiger partial charge in [0.1, 0.15) is 11.7 Å². The molecule has 1 aromatic heterocycles. The van der Waals surface area contributed by atoms with E-state index in [1.165, 1.54) is 6.20 Å². The zero-order valence-electron chi connectivity index (χ0n) is 14.9. The third-order valence-electron chi connectivity index (χ3n) is 4.34. The number of fused-ring (bicyclic) bond motifs is 3. The van der Waals surface area contributed by atoms with Crippen molar-refractivity contribution in [2.45, 2.75) is 0 Å². The maximum atomic E-state index is 12.6. The molecule has 1 aromatic carbocycles. The number of pyridine rings is 1. The van der Waals surface area contributed by atoms with E-state index in [0.717, 1.165) is 11.4 Å². The minimum atomic E-state index is -0.323. The number of carbonyl (C=O) groups is 1. The van der Waals surface area contributed by atoms with Crippen molar-refractivity contribution in [1.29, 1.82) is 0 Å². The fourth-order valence-electron chi connectivity index (χ4n) is 3.01. The van der Waals surface area contributed by atoms with Crippen LogP contribution in [0.2, 0.25) is 0 Å². The number of nitrogens with zero attached hydrogens (tertiary/aromatic N) is 4. The van der Waals surface area contributed by atoms with Crippen LogP contribution in [0.5, 0.6) is 11.5 Å². The number of nitrogens with two attached hydrogens (primary N) is 1. The summed E-state index contributed by atoms with van der Waals surface area (Å²) >= 11 is 0. The van der Waals surface area contributed by atoms with Gasteiger partial charge in [-0.1, -0.05) is 0 Å². The van der Waals surface area contributed by atoms with Crippen LogP contribution in [0.4, 0.5) is 11.5 Å². The zero-order chi connectivity index (χ0) is 19.0. The molecule has 0 fully saturated rings. The molecule has 0 bridgehead atoms. The van der Waals surface area contributed by atoms with E-state index in [1.54, 1.807) is 32.4 Å². The van der Waals surface area contributed by atoms with Crippen molar-refractivity contribution in [1.82, 2.24) is 15.2 Å². The van der Waals surface area contributed by atoms with Gasteiger partial charge in [-0.05, 0) is 18.2 Å². The molecular weight excluding hydrogens is 348 g/mol. The summed E-state index contributed by atoms with van der Waals surface area (Å²) in [6.07, 6.45) is 1.43. The van der Waals surface area contributed by atoms with Crippen molar-refractivity contribution in [3.63, 3.8) is 0 Å². The first kappa shape index (κ1) is 16.8. The SMILES string of the molecule is COc1cc2c(cc1OC)C1=NCCN1C(NC(=O)c1ccc(N)nc1)=N2. The van der Waals surface area contributed by atoms with Crippen LogP contribution in [0.15, 0.2) is 40.4 Å². The van der Waals surface area contributed by atoms with Gasteiger partial charge >= 0.3 is 0 Å². The van der Waals surface area contributed by atoms with Crippen molar-refractivity contribution in [3.8, 4) is 11.5 Å². The topological polar surface area (TPSA) is 114 Å².